The lowest BCUT2D eigenvalue weighted by Crippen LogP contribution is -2.70. The predicted molar refractivity (Wildman–Crippen MR) is 273 cm³/mol. The van der Waals surface area contributed by atoms with Crippen LogP contribution in [0.2, 0.25) is 0 Å². The minimum absolute atomic E-state index is 0.00144. The Kier molecular flexibility index (Phi) is 20.7. The van der Waals surface area contributed by atoms with E-state index in [2.05, 4.69) is 58.5 Å². The molecule has 12 heteroatoms. The van der Waals surface area contributed by atoms with Crippen LogP contribution in [0.1, 0.15) is 158 Å². The number of oxime groups is 1. The van der Waals surface area contributed by atoms with Crippen LogP contribution >= 0.6 is 0 Å². The van der Waals surface area contributed by atoms with E-state index in [1.807, 2.05) is 23.1 Å². The van der Waals surface area contributed by atoms with Gasteiger partial charge in [-0.15, -0.1) is 6.58 Å². The zero-order valence-electron chi connectivity index (χ0n) is 41.9. The van der Waals surface area contributed by atoms with Crippen LogP contribution in [0, 0.1) is 41.7 Å². The van der Waals surface area contributed by atoms with Crippen molar-refractivity contribution in [2.24, 2.45) is 22.9 Å². The van der Waals surface area contributed by atoms with Gasteiger partial charge in [-0.3, -0.25) is 14.9 Å². The topological polar surface area (TPSA) is 153 Å². The molecule has 12 nitrogen and oxygen atoms in total. The van der Waals surface area contributed by atoms with Crippen LogP contribution in [0.4, 0.5) is 5.69 Å². The number of carbonyl (C=O) groups excluding carboxylic acids is 1. The third-order valence-electron chi connectivity index (χ3n) is 14.6. The Bertz CT molecular complexity index is 2190. The summed E-state index contributed by atoms with van der Waals surface area (Å²) in [6.07, 6.45) is 20.5. The van der Waals surface area contributed by atoms with Crippen molar-refractivity contribution >= 4 is 17.3 Å². The second-order valence-electron chi connectivity index (χ2n) is 19.5. The first-order valence-electron chi connectivity index (χ1n) is 26.1. The zero-order valence-corrected chi connectivity index (χ0v) is 41.9. The molecule has 2 N–H and O–H groups in total. The fourth-order valence-corrected chi connectivity index (χ4v) is 10.9. The minimum atomic E-state index is -1.35. The molecule has 6 atom stereocenters. The number of benzene rings is 3. The van der Waals surface area contributed by atoms with Gasteiger partial charge < -0.3 is 34.2 Å². The number of aliphatic hydroxyl groups excluding tert-OH is 2. The van der Waals surface area contributed by atoms with Gasteiger partial charge in [-0.05, 0) is 129 Å². The summed E-state index contributed by atoms with van der Waals surface area (Å²) in [5, 5.41) is 36.4. The van der Waals surface area contributed by atoms with Crippen LogP contribution in [0.3, 0.4) is 0 Å². The van der Waals surface area contributed by atoms with Gasteiger partial charge in [-0.25, -0.2) is 0 Å². The average molecular weight is 950 g/mol. The summed E-state index contributed by atoms with van der Waals surface area (Å²) in [5.74, 6) is 0.293. The van der Waals surface area contributed by atoms with Gasteiger partial charge in [0, 0.05) is 56.2 Å². The summed E-state index contributed by atoms with van der Waals surface area (Å²) in [7, 11) is 0. The van der Waals surface area contributed by atoms with E-state index in [4.69, 9.17) is 24.2 Å². The number of fused-ring (bicyclic) bond motifs is 2. The Morgan fingerprint density at radius 2 is 1.55 bits per heavy atom. The van der Waals surface area contributed by atoms with Crippen LogP contribution < -0.4 is 9.47 Å². The molecule has 69 heavy (non-hydrogen) atoms. The van der Waals surface area contributed by atoms with Crippen LogP contribution in [0.5, 0.6) is 17.2 Å². The molecular weight excluding hydrogens is 871 g/mol. The molecule has 3 aliphatic rings. The van der Waals surface area contributed by atoms with E-state index in [0.717, 1.165) is 79.4 Å². The van der Waals surface area contributed by atoms with Crippen molar-refractivity contribution in [3.63, 3.8) is 0 Å². The summed E-state index contributed by atoms with van der Waals surface area (Å²) in [6, 6.07) is 17.8. The lowest BCUT2D eigenvalue weighted by molar-refractivity contribution is -0.384. The first-order chi connectivity index (χ1) is 33.6. The van der Waals surface area contributed by atoms with E-state index in [-0.39, 0.29) is 55.8 Å². The van der Waals surface area contributed by atoms with Gasteiger partial charge >= 0.3 is 0 Å². The van der Waals surface area contributed by atoms with Crippen LogP contribution in [-0.4, -0.2) is 69.8 Å². The molecule has 1 saturated carbocycles. The van der Waals surface area contributed by atoms with Crippen LogP contribution in [0.25, 0.3) is 0 Å². The van der Waals surface area contributed by atoms with Gasteiger partial charge in [0.15, 0.2) is 0 Å². The second-order valence-corrected chi connectivity index (χ2v) is 19.5. The molecule has 0 radical (unpaired) electrons. The van der Waals surface area contributed by atoms with Gasteiger partial charge in [-0.1, -0.05) is 101 Å². The molecule has 1 heterocycles. The summed E-state index contributed by atoms with van der Waals surface area (Å²) in [6.45, 7) is 13.5. The molecule has 6 rings (SSSR count). The number of ether oxygens (including phenoxy) is 3. The maximum Gasteiger partial charge on any atom is 0.269 e. The predicted octanol–water partition coefficient (Wildman–Crippen LogP) is 13.0. The van der Waals surface area contributed by atoms with E-state index in [1.165, 1.54) is 56.2 Å². The number of nitro benzene ring substituents is 1. The normalized spacial score (nSPS) is 22.0. The van der Waals surface area contributed by atoms with Crippen molar-refractivity contribution in [2.75, 3.05) is 26.4 Å². The number of nitro groups is 1. The highest BCUT2D eigenvalue weighted by molar-refractivity contribution is 6.03. The van der Waals surface area contributed by atoms with Crippen molar-refractivity contribution in [3.8, 4) is 17.2 Å². The smallest absolute Gasteiger partial charge is 0.269 e. The summed E-state index contributed by atoms with van der Waals surface area (Å²) in [5.41, 5.74) is 5.69. The number of unbranched alkanes of at least 4 members (excludes halogenated alkanes) is 10. The molecule has 1 aliphatic heterocycles. The molecule has 0 aromatic heterocycles. The van der Waals surface area contributed by atoms with Gasteiger partial charge in [0.2, 0.25) is 11.7 Å². The van der Waals surface area contributed by atoms with E-state index in [0.29, 0.717) is 49.4 Å². The Labute approximate surface area is 411 Å². The number of nitrogens with zero attached hydrogens (tertiary/aromatic N) is 3. The number of allylic oxidation sites excluding steroid dienone is 1. The molecule has 6 unspecified atom stereocenters. The van der Waals surface area contributed by atoms with Crippen molar-refractivity contribution < 1.29 is 39.0 Å². The number of carbonyl (C=O) groups is 1. The molecule has 0 spiro atoms. The Hall–Kier alpha value is -5.04. The molecule has 0 saturated heterocycles. The first kappa shape index (κ1) is 53.3. The minimum Gasteiger partial charge on any atom is -0.459 e. The van der Waals surface area contributed by atoms with Crippen LogP contribution in [-0.2, 0) is 21.0 Å². The quantitative estimate of drug-likeness (QED) is 0.0288. The van der Waals surface area contributed by atoms with E-state index >= 15 is 0 Å². The van der Waals surface area contributed by atoms with Crippen molar-refractivity contribution in [1.82, 2.24) is 4.90 Å². The van der Waals surface area contributed by atoms with Crippen molar-refractivity contribution in [3.05, 3.63) is 117 Å². The highest BCUT2D eigenvalue weighted by Crippen LogP contribution is 2.62. The third-order valence-corrected chi connectivity index (χ3v) is 14.6. The average Bonchev–Trinajstić information content (AvgIpc) is 3.34. The number of hydrogen-bond acceptors (Lipinski definition) is 10. The number of rotatable bonds is 30. The summed E-state index contributed by atoms with van der Waals surface area (Å²) in [4.78, 5) is 34.2. The zero-order chi connectivity index (χ0) is 49.2. The number of amides is 1. The maximum absolute atomic E-state index is 14.9. The molecule has 1 fully saturated rings. The van der Waals surface area contributed by atoms with E-state index in [9.17, 15) is 25.1 Å². The number of hydrogen-bond donors (Lipinski definition) is 2. The highest BCUT2D eigenvalue weighted by Gasteiger charge is 2.65. The fraction of sp³-hybridized carbons (Fsp3) is 0.579. The Morgan fingerprint density at radius 1 is 0.870 bits per heavy atom. The largest absolute Gasteiger partial charge is 0.459 e. The van der Waals surface area contributed by atoms with Gasteiger partial charge in [-0.2, -0.15) is 0 Å². The van der Waals surface area contributed by atoms with E-state index < -0.39 is 22.7 Å². The van der Waals surface area contributed by atoms with Crippen LogP contribution in [0.15, 0.2) is 90.1 Å². The monoisotopic (exact) mass is 950 g/mol. The molecule has 2 aliphatic carbocycles. The summed E-state index contributed by atoms with van der Waals surface area (Å²) >= 11 is 0. The lowest BCUT2D eigenvalue weighted by Gasteiger charge is -2.60. The number of non-ortho nitro benzene ring substituents is 1. The van der Waals surface area contributed by atoms with Crippen molar-refractivity contribution in [1.29, 1.82) is 0 Å². The Morgan fingerprint density at radius 3 is 2.22 bits per heavy atom. The molecule has 1 amide bonds. The maximum atomic E-state index is 14.9. The number of aliphatic hydroxyl groups is 2. The molecule has 3 aromatic carbocycles. The van der Waals surface area contributed by atoms with Gasteiger partial charge in [0.05, 0.1) is 23.2 Å². The van der Waals surface area contributed by atoms with Gasteiger partial charge in [0.25, 0.3) is 5.69 Å². The van der Waals surface area contributed by atoms with Gasteiger partial charge in [0.1, 0.15) is 29.9 Å². The Balaban J connectivity index is 1.48. The van der Waals surface area contributed by atoms with Crippen molar-refractivity contribution in [2.45, 2.75) is 168 Å². The fourth-order valence-electron chi connectivity index (χ4n) is 10.9. The second kappa shape index (κ2) is 26.8. The third kappa shape index (κ3) is 13.6. The highest BCUT2D eigenvalue weighted by atomic mass is 16.7. The lowest BCUT2D eigenvalue weighted by atomic mass is 9.55. The SMILES string of the molecule is C=CCOC12Oc3ccc(Oc4ccc(C)c(C)c4)cc3C3C(CCCCO)C(CCCCO)C=C(C(=NOCc4ccc([N+](=O)[O-])cc4)CC1N(CCC)C(=O)CCCCCCCCCCC)C32. The molecule has 0 bridgehead atoms. The molecule has 3 aromatic rings. The summed E-state index contributed by atoms with van der Waals surface area (Å²) < 4.78 is 21.3. The molecule has 376 valence electrons. The van der Waals surface area contributed by atoms with E-state index in [1.54, 1.807) is 18.2 Å². The molecular formula is C57H79N3O9. The first-order valence-corrected chi connectivity index (χ1v) is 26.1. The number of aryl methyl sites for hydroxylation is 2. The standard InChI is InChI=1S/C57H79N3O9/c1-6-9-10-11-12-13-14-15-16-23-54(63)59(32-7-2)53-39-51(58-67-40-43-25-27-45(28-26-43)60(64)65)49-37-44(21-17-19-33-61)48(22-18-20-34-62)55-50-38-47(68-46-29-24-41(4)42(5)36-46)30-31-52(50)69-57(53,56(49)55)66-35-8-3/h8,24-31,36-38,44,48,53,55-56,61-62H,3,6-7,9-23,32-35,39-40H2,1-2,4-5H3.